The number of phenols is 1. The number of aliphatic hydroxyl groups excluding tert-OH is 1. The molecule has 4 unspecified atom stereocenters. The molecule has 4 atom stereocenters. The van der Waals surface area contributed by atoms with Gasteiger partial charge in [-0.15, -0.1) is 0 Å². The molecule has 14 nitrogen and oxygen atoms in total. The summed E-state index contributed by atoms with van der Waals surface area (Å²) in [4.78, 5) is 54.0. The minimum atomic E-state index is -1.28. The molecule has 1 rings (SSSR count). The molecule has 0 saturated heterocycles. The van der Waals surface area contributed by atoms with Crippen LogP contribution < -0.4 is 33.2 Å². The number of carboxylic acids is 1. The van der Waals surface area contributed by atoms with Gasteiger partial charge in [0.05, 0.1) is 6.61 Å². The number of aliphatic carboxylic acids is 1. The number of carbonyl (C=O) groups excluding carboxylic acids is 3. The topological polar surface area (TPSA) is 255 Å². The van der Waals surface area contributed by atoms with Crippen molar-refractivity contribution in [1.82, 2.24) is 16.0 Å². The number of aromatic hydroxyl groups is 1. The molecular weight excluding hydrogens is 518 g/mol. The Kier molecular flexibility index (Phi) is 14.6. The van der Waals surface area contributed by atoms with Crippen LogP contribution in [0.2, 0.25) is 0 Å². The molecule has 0 radical (unpaired) electrons. The second kappa shape index (κ2) is 17.0. The highest BCUT2D eigenvalue weighted by Crippen LogP contribution is 2.12. The number of nitrogens with two attached hydrogens (primary N) is 3. The average Bonchev–Trinajstić information content (AvgIpc) is 2.87. The highest BCUT2D eigenvalue weighted by Gasteiger charge is 2.30. The first-order valence-corrected chi connectivity index (χ1v) is 13.2. The maximum atomic E-state index is 13.2. The smallest absolute Gasteiger partial charge is 0.326 e. The fraction of sp³-hybridized carbons (Fsp3) is 0.522. The standard InChI is InChI=1S/C23H37N7O7S/c1-38-10-8-16(28-19(33)15(24)12-31)20(34)30-18(11-13-4-6-14(32)7-5-13)21(35)29-17(22(36)37)3-2-9-27-23(25)26/h4-7,15-18,31-32H,2-3,8-12,24H2,1H3,(H,28,33)(H,29,35)(H,30,34)(H,36,37)(H4,25,26,27). The van der Waals surface area contributed by atoms with Crippen molar-refractivity contribution in [2.75, 3.05) is 25.2 Å². The molecule has 12 N–H and O–H groups in total. The number of aliphatic imine (C=N–C) groups is 1. The van der Waals surface area contributed by atoms with E-state index in [0.29, 0.717) is 11.3 Å². The van der Waals surface area contributed by atoms with Crippen molar-refractivity contribution in [2.24, 2.45) is 22.2 Å². The molecule has 212 valence electrons. The van der Waals surface area contributed by atoms with Crippen LogP contribution in [-0.2, 0) is 25.6 Å². The number of nitrogens with zero attached hydrogens (tertiary/aromatic N) is 1. The number of thioether (sulfide) groups is 1. The van der Waals surface area contributed by atoms with E-state index in [2.05, 4.69) is 20.9 Å². The van der Waals surface area contributed by atoms with E-state index < -0.39 is 54.5 Å². The van der Waals surface area contributed by atoms with Crippen LogP contribution in [0.15, 0.2) is 29.3 Å². The van der Waals surface area contributed by atoms with E-state index in [4.69, 9.17) is 22.3 Å². The van der Waals surface area contributed by atoms with E-state index in [9.17, 15) is 29.4 Å². The van der Waals surface area contributed by atoms with Gasteiger partial charge in [0.25, 0.3) is 0 Å². The molecular formula is C23H37N7O7S. The largest absolute Gasteiger partial charge is 0.508 e. The molecule has 0 bridgehead atoms. The van der Waals surface area contributed by atoms with Gasteiger partial charge >= 0.3 is 5.97 Å². The number of benzene rings is 1. The van der Waals surface area contributed by atoms with Crippen molar-refractivity contribution < 1.29 is 34.5 Å². The van der Waals surface area contributed by atoms with Crippen molar-refractivity contribution in [1.29, 1.82) is 0 Å². The van der Waals surface area contributed by atoms with E-state index >= 15 is 0 Å². The van der Waals surface area contributed by atoms with E-state index in [1.54, 1.807) is 12.1 Å². The summed E-state index contributed by atoms with van der Waals surface area (Å²) in [5.41, 5.74) is 16.7. The molecule has 0 aromatic heterocycles. The van der Waals surface area contributed by atoms with Crippen LogP contribution in [0.4, 0.5) is 0 Å². The van der Waals surface area contributed by atoms with Crippen molar-refractivity contribution in [3.05, 3.63) is 29.8 Å². The Morgan fingerprint density at radius 2 is 1.53 bits per heavy atom. The number of phenolic OH excluding ortho intramolecular Hbond substituents is 1. The monoisotopic (exact) mass is 555 g/mol. The number of hydrogen-bond acceptors (Lipinski definition) is 9. The summed E-state index contributed by atoms with van der Waals surface area (Å²) < 4.78 is 0. The Hall–Kier alpha value is -3.56. The zero-order chi connectivity index (χ0) is 28.7. The Bertz CT molecular complexity index is 958. The lowest BCUT2D eigenvalue weighted by Gasteiger charge is -2.25. The van der Waals surface area contributed by atoms with Gasteiger partial charge in [-0.3, -0.25) is 19.4 Å². The lowest BCUT2D eigenvalue weighted by molar-refractivity contribution is -0.142. The summed E-state index contributed by atoms with van der Waals surface area (Å²) in [5, 5.41) is 35.8. The van der Waals surface area contributed by atoms with Crippen LogP contribution in [0.25, 0.3) is 0 Å². The number of rotatable bonds is 17. The summed E-state index contributed by atoms with van der Waals surface area (Å²) in [6.07, 6.45) is 2.31. The third-order valence-electron chi connectivity index (χ3n) is 5.35. The number of carboxylic acid groups (broad SMARTS) is 1. The predicted octanol–water partition coefficient (Wildman–Crippen LogP) is -2.40. The predicted molar refractivity (Wildman–Crippen MR) is 143 cm³/mol. The van der Waals surface area contributed by atoms with E-state index in [-0.39, 0.29) is 43.9 Å². The Morgan fingerprint density at radius 1 is 0.947 bits per heavy atom. The van der Waals surface area contributed by atoms with E-state index in [1.165, 1.54) is 23.9 Å². The third kappa shape index (κ3) is 12.1. The Labute approximate surface area is 224 Å². The van der Waals surface area contributed by atoms with Crippen LogP contribution in [0.1, 0.15) is 24.8 Å². The summed E-state index contributed by atoms with van der Waals surface area (Å²) in [5.74, 6) is -3.09. The summed E-state index contributed by atoms with van der Waals surface area (Å²) >= 11 is 1.44. The van der Waals surface area contributed by atoms with Crippen molar-refractivity contribution in [2.45, 2.75) is 49.9 Å². The molecule has 0 spiro atoms. The molecule has 0 aliphatic heterocycles. The van der Waals surface area contributed by atoms with Crippen LogP contribution in [0, 0.1) is 0 Å². The van der Waals surface area contributed by atoms with E-state index in [1.807, 2.05) is 6.26 Å². The highest BCUT2D eigenvalue weighted by molar-refractivity contribution is 7.98. The van der Waals surface area contributed by atoms with Crippen LogP contribution >= 0.6 is 11.8 Å². The molecule has 0 heterocycles. The van der Waals surface area contributed by atoms with Crippen molar-refractivity contribution in [3.63, 3.8) is 0 Å². The third-order valence-corrected chi connectivity index (χ3v) is 5.99. The van der Waals surface area contributed by atoms with Gasteiger partial charge in [0.2, 0.25) is 17.7 Å². The van der Waals surface area contributed by atoms with Gasteiger partial charge in [-0.05, 0) is 49.0 Å². The zero-order valence-electron chi connectivity index (χ0n) is 21.1. The first kappa shape index (κ1) is 32.5. The summed E-state index contributed by atoms with van der Waals surface area (Å²) in [6, 6.07) is 1.15. The Balaban J connectivity index is 3.10. The molecule has 1 aromatic rings. The number of hydrogen-bond donors (Lipinski definition) is 9. The van der Waals surface area contributed by atoms with Gasteiger partial charge in [-0.1, -0.05) is 12.1 Å². The van der Waals surface area contributed by atoms with Gasteiger partial charge in [0.1, 0.15) is 29.9 Å². The molecule has 38 heavy (non-hydrogen) atoms. The Morgan fingerprint density at radius 3 is 2.08 bits per heavy atom. The molecule has 0 aliphatic carbocycles. The van der Waals surface area contributed by atoms with Crippen LogP contribution in [-0.4, -0.2) is 94.3 Å². The van der Waals surface area contributed by atoms with Crippen LogP contribution in [0.3, 0.4) is 0 Å². The lowest BCUT2D eigenvalue weighted by atomic mass is 10.0. The van der Waals surface area contributed by atoms with Gasteiger partial charge < -0.3 is 48.5 Å². The minimum absolute atomic E-state index is 0.00516. The molecule has 0 fully saturated rings. The van der Waals surface area contributed by atoms with Crippen molar-refractivity contribution in [3.8, 4) is 5.75 Å². The second-order valence-corrected chi connectivity index (χ2v) is 9.40. The molecule has 3 amide bonds. The van der Waals surface area contributed by atoms with Gasteiger partial charge in [-0.2, -0.15) is 11.8 Å². The zero-order valence-corrected chi connectivity index (χ0v) is 21.9. The normalized spacial score (nSPS) is 13.9. The second-order valence-electron chi connectivity index (χ2n) is 8.41. The average molecular weight is 556 g/mol. The quantitative estimate of drug-likeness (QED) is 0.0556. The van der Waals surface area contributed by atoms with Gasteiger partial charge in [-0.25, -0.2) is 4.79 Å². The number of nitrogens with one attached hydrogen (secondary N) is 3. The summed E-state index contributed by atoms with van der Waals surface area (Å²) in [7, 11) is 0. The minimum Gasteiger partial charge on any atom is -0.508 e. The number of guanidine groups is 1. The molecule has 1 aromatic carbocycles. The number of carbonyl (C=O) groups is 4. The first-order chi connectivity index (χ1) is 18.0. The first-order valence-electron chi connectivity index (χ1n) is 11.8. The SMILES string of the molecule is CSCCC(NC(=O)C(N)CO)C(=O)NC(Cc1ccc(O)cc1)C(=O)NC(CCCN=C(N)N)C(=O)O. The lowest BCUT2D eigenvalue weighted by Crippen LogP contribution is -2.58. The number of amides is 3. The highest BCUT2D eigenvalue weighted by atomic mass is 32.2. The van der Waals surface area contributed by atoms with Crippen LogP contribution in [0.5, 0.6) is 5.75 Å². The fourth-order valence-corrected chi connectivity index (χ4v) is 3.72. The summed E-state index contributed by atoms with van der Waals surface area (Å²) in [6.45, 7) is -0.448. The fourth-order valence-electron chi connectivity index (χ4n) is 3.25. The molecule has 0 aliphatic rings. The maximum absolute atomic E-state index is 13.2. The van der Waals surface area contributed by atoms with Crippen molar-refractivity contribution >= 4 is 41.4 Å². The van der Waals surface area contributed by atoms with E-state index in [0.717, 1.165) is 0 Å². The van der Waals surface area contributed by atoms with Gasteiger partial charge in [0, 0.05) is 13.0 Å². The molecule has 15 heteroatoms. The van der Waals surface area contributed by atoms with Gasteiger partial charge in [0.15, 0.2) is 5.96 Å². The molecule has 0 saturated carbocycles. The maximum Gasteiger partial charge on any atom is 0.326 e. The number of aliphatic hydroxyl groups is 1.